The molecule has 0 bridgehead atoms. The van der Waals surface area contributed by atoms with Crippen molar-refractivity contribution in [2.45, 2.75) is 24.8 Å². The van der Waals surface area contributed by atoms with Gasteiger partial charge in [-0.2, -0.15) is 5.26 Å². The minimum atomic E-state index is -1.16. The van der Waals surface area contributed by atoms with Crippen molar-refractivity contribution in [1.82, 2.24) is 5.32 Å². The third kappa shape index (κ3) is 5.12. The SMILES string of the molecule is COC(=O)C1(NC(=O)c2ccc(OC)c(OCCc3cccc(C#N)c3)c2)Cc2ccccc2C1. The van der Waals surface area contributed by atoms with Gasteiger partial charge in [0, 0.05) is 24.8 Å². The van der Waals surface area contributed by atoms with Gasteiger partial charge in [0.15, 0.2) is 11.5 Å². The van der Waals surface area contributed by atoms with E-state index >= 15 is 0 Å². The van der Waals surface area contributed by atoms with Gasteiger partial charge in [0.2, 0.25) is 0 Å². The Hall–Kier alpha value is -4.31. The molecule has 3 aromatic rings. The number of fused-ring (bicyclic) bond motifs is 1. The van der Waals surface area contributed by atoms with Crippen LogP contribution < -0.4 is 14.8 Å². The summed E-state index contributed by atoms with van der Waals surface area (Å²) in [6, 6.07) is 22.1. The largest absolute Gasteiger partial charge is 0.493 e. The van der Waals surface area contributed by atoms with Crippen molar-refractivity contribution < 1.29 is 23.8 Å². The fourth-order valence-electron chi connectivity index (χ4n) is 4.39. The highest BCUT2D eigenvalue weighted by Crippen LogP contribution is 2.33. The third-order valence-electron chi connectivity index (χ3n) is 6.16. The van der Waals surface area contributed by atoms with Crippen LogP contribution in [0.3, 0.4) is 0 Å². The van der Waals surface area contributed by atoms with Crippen LogP contribution in [0.1, 0.15) is 32.6 Å². The minimum Gasteiger partial charge on any atom is -0.493 e. The molecule has 0 unspecified atom stereocenters. The molecule has 0 spiro atoms. The van der Waals surface area contributed by atoms with Crippen LogP contribution in [0.25, 0.3) is 0 Å². The Morgan fingerprint density at radius 2 is 1.71 bits per heavy atom. The maximum atomic E-state index is 13.2. The van der Waals surface area contributed by atoms with Crippen LogP contribution in [0.15, 0.2) is 66.7 Å². The Balaban J connectivity index is 1.50. The van der Waals surface area contributed by atoms with E-state index < -0.39 is 17.4 Å². The van der Waals surface area contributed by atoms with Crippen LogP contribution in [0.5, 0.6) is 11.5 Å². The lowest BCUT2D eigenvalue weighted by molar-refractivity contribution is -0.147. The summed E-state index contributed by atoms with van der Waals surface area (Å²) < 4.78 is 16.4. The second-order valence-electron chi connectivity index (χ2n) is 8.43. The van der Waals surface area contributed by atoms with E-state index in [1.54, 1.807) is 24.3 Å². The third-order valence-corrected chi connectivity index (χ3v) is 6.16. The molecule has 1 amide bonds. The lowest BCUT2D eigenvalue weighted by atomic mass is 9.95. The number of hydrogen-bond acceptors (Lipinski definition) is 6. The van der Waals surface area contributed by atoms with Crippen molar-refractivity contribution in [3.63, 3.8) is 0 Å². The number of nitriles is 1. The maximum absolute atomic E-state index is 13.2. The first-order valence-electron chi connectivity index (χ1n) is 11.3. The molecule has 1 aliphatic rings. The number of methoxy groups -OCH3 is 2. The van der Waals surface area contributed by atoms with Crippen LogP contribution in [0.2, 0.25) is 0 Å². The molecule has 0 aliphatic heterocycles. The topological polar surface area (TPSA) is 97.7 Å². The van der Waals surface area contributed by atoms with Crippen LogP contribution >= 0.6 is 0 Å². The Bertz CT molecular complexity index is 1270. The molecule has 0 saturated carbocycles. The predicted molar refractivity (Wildman–Crippen MR) is 129 cm³/mol. The van der Waals surface area contributed by atoms with Gasteiger partial charge in [-0.05, 0) is 47.0 Å². The second-order valence-corrected chi connectivity index (χ2v) is 8.43. The number of benzene rings is 3. The monoisotopic (exact) mass is 470 g/mol. The number of hydrogen-bond donors (Lipinski definition) is 1. The minimum absolute atomic E-state index is 0.331. The number of nitrogens with zero attached hydrogens (tertiary/aromatic N) is 1. The summed E-state index contributed by atoms with van der Waals surface area (Å²) in [5.41, 5.74) is 2.76. The molecule has 1 N–H and O–H groups in total. The Morgan fingerprint density at radius 1 is 0.971 bits per heavy atom. The van der Waals surface area contributed by atoms with Gasteiger partial charge in [-0.3, -0.25) is 4.79 Å². The molecule has 35 heavy (non-hydrogen) atoms. The predicted octanol–water partition coefficient (Wildman–Crippen LogP) is 3.63. The number of ether oxygens (including phenoxy) is 3. The van der Waals surface area contributed by atoms with Crippen molar-refractivity contribution >= 4 is 11.9 Å². The van der Waals surface area contributed by atoms with Gasteiger partial charge >= 0.3 is 5.97 Å². The maximum Gasteiger partial charge on any atom is 0.332 e. The summed E-state index contributed by atoms with van der Waals surface area (Å²) in [5.74, 6) is 0.0192. The Kier molecular flexibility index (Phi) is 7.02. The second kappa shape index (κ2) is 10.3. The number of carbonyl (C=O) groups is 2. The van der Waals surface area contributed by atoms with E-state index in [4.69, 9.17) is 19.5 Å². The zero-order valence-corrected chi connectivity index (χ0v) is 19.7. The highest BCUT2D eigenvalue weighted by atomic mass is 16.5. The molecule has 7 nitrogen and oxygen atoms in total. The molecule has 0 radical (unpaired) electrons. The molecule has 0 aromatic heterocycles. The summed E-state index contributed by atoms with van der Waals surface area (Å²) in [6.45, 7) is 0.331. The van der Waals surface area contributed by atoms with E-state index in [1.807, 2.05) is 42.5 Å². The Morgan fingerprint density at radius 3 is 2.37 bits per heavy atom. The first-order valence-corrected chi connectivity index (χ1v) is 11.3. The summed E-state index contributed by atoms with van der Waals surface area (Å²) in [4.78, 5) is 26.0. The fourth-order valence-corrected chi connectivity index (χ4v) is 4.39. The van der Waals surface area contributed by atoms with Crippen molar-refractivity contribution in [1.29, 1.82) is 5.26 Å². The van der Waals surface area contributed by atoms with E-state index in [2.05, 4.69) is 11.4 Å². The van der Waals surface area contributed by atoms with E-state index in [9.17, 15) is 9.59 Å². The molecular weight excluding hydrogens is 444 g/mol. The molecule has 178 valence electrons. The average molecular weight is 471 g/mol. The highest BCUT2D eigenvalue weighted by Gasteiger charge is 2.46. The first kappa shape index (κ1) is 23.8. The quantitative estimate of drug-likeness (QED) is 0.505. The van der Waals surface area contributed by atoms with Crippen LogP contribution in [0, 0.1) is 11.3 Å². The van der Waals surface area contributed by atoms with Gasteiger partial charge in [0.1, 0.15) is 5.54 Å². The van der Waals surface area contributed by atoms with E-state index in [-0.39, 0.29) is 0 Å². The van der Waals surface area contributed by atoms with Gasteiger partial charge in [0.05, 0.1) is 32.5 Å². The number of rotatable bonds is 8. The number of carbonyl (C=O) groups excluding carboxylic acids is 2. The molecule has 1 aliphatic carbocycles. The normalized spacial score (nSPS) is 13.3. The average Bonchev–Trinajstić information content (AvgIpc) is 3.27. The van der Waals surface area contributed by atoms with Crippen LogP contribution in [-0.2, 0) is 28.8 Å². The summed E-state index contributed by atoms with van der Waals surface area (Å²) in [5, 5.41) is 12.0. The van der Waals surface area contributed by atoms with Crippen LogP contribution in [0.4, 0.5) is 0 Å². The summed E-state index contributed by atoms with van der Waals surface area (Å²) in [6.07, 6.45) is 1.31. The number of esters is 1. The molecule has 0 fully saturated rings. The summed E-state index contributed by atoms with van der Waals surface area (Å²) >= 11 is 0. The Labute approximate surface area is 204 Å². The lowest BCUT2D eigenvalue weighted by Crippen LogP contribution is -2.56. The van der Waals surface area contributed by atoms with E-state index in [1.165, 1.54) is 14.2 Å². The molecule has 3 aromatic carbocycles. The van der Waals surface area contributed by atoms with Crippen LogP contribution in [-0.4, -0.2) is 38.2 Å². The number of nitrogens with one attached hydrogen (secondary N) is 1. The van der Waals surface area contributed by atoms with Gasteiger partial charge < -0.3 is 19.5 Å². The first-order chi connectivity index (χ1) is 17.0. The molecule has 0 heterocycles. The fraction of sp³-hybridized carbons (Fsp3) is 0.250. The van der Waals surface area contributed by atoms with Gasteiger partial charge in [0.25, 0.3) is 5.91 Å². The highest BCUT2D eigenvalue weighted by molar-refractivity contribution is 5.99. The zero-order valence-electron chi connectivity index (χ0n) is 19.7. The van der Waals surface area contributed by atoms with Crippen molar-refractivity contribution in [3.8, 4) is 17.6 Å². The standard InChI is InChI=1S/C28H26N2O5/c1-33-24-11-10-21(15-25(24)35-13-12-19-6-5-7-20(14-19)18-29)26(31)30-28(27(32)34-2)16-22-8-3-4-9-23(22)17-28/h3-11,14-15H,12-13,16-17H2,1-2H3,(H,30,31). The smallest absolute Gasteiger partial charge is 0.332 e. The van der Waals surface area contributed by atoms with Crippen molar-refractivity contribution in [2.24, 2.45) is 0 Å². The van der Waals surface area contributed by atoms with Gasteiger partial charge in [-0.1, -0.05) is 36.4 Å². The van der Waals surface area contributed by atoms with Crippen molar-refractivity contribution in [3.05, 3.63) is 94.5 Å². The van der Waals surface area contributed by atoms with Gasteiger partial charge in [-0.15, -0.1) is 0 Å². The lowest BCUT2D eigenvalue weighted by Gasteiger charge is -2.27. The van der Waals surface area contributed by atoms with E-state index in [0.717, 1.165) is 16.7 Å². The summed E-state index contributed by atoms with van der Waals surface area (Å²) in [7, 11) is 2.85. The van der Waals surface area contributed by atoms with Gasteiger partial charge in [-0.25, -0.2) is 4.79 Å². The molecule has 0 atom stereocenters. The molecular formula is C28H26N2O5. The number of amides is 1. The van der Waals surface area contributed by atoms with E-state index in [0.29, 0.717) is 48.5 Å². The molecule has 4 rings (SSSR count). The molecule has 7 heteroatoms. The molecule has 0 saturated heterocycles. The zero-order chi connectivity index (χ0) is 24.8. The van der Waals surface area contributed by atoms with Crippen molar-refractivity contribution in [2.75, 3.05) is 20.8 Å².